The Morgan fingerprint density at radius 1 is 1.19 bits per heavy atom. The number of carbonyl (C=O) groups is 2. The summed E-state index contributed by atoms with van der Waals surface area (Å²) in [7, 11) is 0. The lowest BCUT2D eigenvalue weighted by molar-refractivity contribution is -0.121. The summed E-state index contributed by atoms with van der Waals surface area (Å²) in [5, 5.41) is 2.57. The molecule has 0 spiro atoms. The van der Waals surface area contributed by atoms with E-state index in [1.54, 1.807) is 0 Å². The van der Waals surface area contributed by atoms with Crippen LogP contribution in [-0.4, -0.2) is 31.7 Å². The minimum absolute atomic E-state index is 0.0604. The standard InChI is InChI=1S/C14H20FN3O3/c1-2-21-9-3-8-16-14(20)18-17-13(19)10-11-4-6-12(15)7-5-11/h4-7H,2-3,8-10H2,1H3,(H,17,19)(H2,16,18,20). The minimum Gasteiger partial charge on any atom is -0.382 e. The molecule has 1 aromatic carbocycles. The molecule has 1 rings (SSSR count). The maximum atomic E-state index is 12.7. The molecule has 0 aliphatic heterocycles. The molecule has 21 heavy (non-hydrogen) atoms. The van der Waals surface area contributed by atoms with Crippen molar-refractivity contribution >= 4 is 11.9 Å². The van der Waals surface area contributed by atoms with Gasteiger partial charge < -0.3 is 10.1 Å². The predicted octanol–water partition coefficient (Wildman–Crippen LogP) is 1.13. The van der Waals surface area contributed by atoms with Crippen LogP contribution in [0.3, 0.4) is 0 Å². The first-order valence-electron chi connectivity index (χ1n) is 6.76. The van der Waals surface area contributed by atoms with Crippen molar-refractivity contribution in [3.8, 4) is 0 Å². The van der Waals surface area contributed by atoms with Crippen LogP contribution in [0.1, 0.15) is 18.9 Å². The minimum atomic E-state index is -0.487. The van der Waals surface area contributed by atoms with Gasteiger partial charge in [-0.25, -0.2) is 14.6 Å². The fraction of sp³-hybridized carbons (Fsp3) is 0.429. The van der Waals surface area contributed by atoms with Gasteiger partial charge >= 0.3 is 6.03 Å². The highest BCUT2D eigenvalue weighted by Gasteiger charge is 2.05. The number of halogens is 1. The Hall–Kier alpha value is -2.15. The molecule has 7 heteroatoms. The molecule has 3 amide bonds. The molecule has 0 unspecified atom stereocenters. The first-order chi connectivity index (χ1) is 10.1. The summed E-state index contributed by atoms with van der Waals surface area (Å²) in [6.45, 7) is 3.58. The molecule has 0 saturated carbocycles. The number of nitrogens with one attached hydrogen (secondary N) is 3. The molecular formula is C14H20FN3O3. The smallest absolute Gasteiger partial charge is 0.333 e. The highest BCUT2D eigenvalue weighted by molar-refractivity contribution is 5.82. The quantitative estimate of drug-likeness (QED) is 0.521. The molecule has 0 aliphatic rings. The third kappa shape index (κ3) is 7.88. The van der Waals surface area contributed by atoms with Gasteiger partial charge in [-0.05, 0) is 31.0 Å². The number of amides is 3. The van der Waals surface area contributed by atoms with Crippen LogP contribution in [0.5, 0.6) is 0 Å². The van der Waals surface area contributed by atoms with Crippen LogP contribution < -0.4 is 16.2 Å². The third-order valence-electron chi connectivity index (χ3n) is 2.55. The lowest BCUT2D eigenvalue weighted by atomic mass is 10.1. The molecule has 3 N–H and O–H groups in total. The van der Waals surface area contributed by atoms with Gasteiger partial charge in [0.05, 0.1) is 6.42 Å². The van der Waals surface area contributed by atoms with E-state index in [0.29, 0.717) is 31.7 Å². The number of ether oxygens (including phenoxy) is 1. The zero-order valence-electron chi connectivity index (χ0n) is 11.9. The third-order valence-corrected chi connectivity index (χ3v) is 2.55. The van der Waals surface area contributed by atoms with Crippen molar-refractivity contribution in [3.63, 3.8) is 0 Å². The first-order valence-corrected chi connectivity index (χ1v) is 6.76. The van der Waals surface area contributed by atoms with Crippen molar-refractivity contribution in [2.45, 2.75) is 19.8 Å². The van der Waals surface area contributed by atoms with E-state index >= 15 is 0 Å². The van der Waals surface area contributed by atoms with Crippen molar-refractivity contribution in [1.82, 2.24) is 16.2 Å². The second kappa shape index (κ2) is 9.71. The average Bonchev–Trinajstić information content (AvgIpc) is 2.47. The molecule has 0 saturated heterocycles. The zero-order chi connectivity index (χ0) is 15.5. The molecule has 0 heterocycles. The average molecular weight is 297 g/mol. The van der Waals surface area contributed by atoms with Crippen molar-refractivity contribution in [2.24, 2.45) is 0 Å². The van der Waals surface area contributed by atoms with Crippen LogP contribution >= 0.6 is 0 Å². The molecule has 6 nitrogen and oxygen atoms in total. The summed E-state index contributed by atoms with van der Waals surface area (Å²) < 4.78 is 17.8. The molecule has 116 valence electrons. The topological polar surface area (TPSA) is 79.5 Å². The van der Waals surface area contributed by atoms with E-state index in [0.717, 1.165) is 0 Å². The summed E-state index contributed by atoms with van der Waals surface area (Å²) in [4.78, 5) is 22.9. The van der Waals surface area contributed by atoms with E-state index in [1.165, 1.54) is 24.3 Å². The summed E-state index contributed by atoms with van der Waals surface area (Å²) in [5.74, 6) is -0.741. The molecular weight excluding hydrogens is 277 g/mol. The van der Waals surface area contributed by atoms with Gasteiger partial charge in [-0.1, -0.05) is 12.1 Å². The number of rotatable bonds is 7. The number of carbonyl (C=O) groups excluding carboxylic acids is 2. The second-order valence-electron chi connectivity index (χ2n) is 4.28. The van der Waals surface area contributed by atoms with E-state index < -0.39 is 6.03 Å². The summed E-state index contributed by atoms with van der Waals surface area (Å²) in [6.07, 6.45) is 0.760. The molecule has 0 radical (unpaired) electrons. The number of hydrogen-bond acceptors (Lipinski definition) is 3. The van der Waals surface area contributed by atoms with Crippen LogP contribution in [0.25, 0.3) is 0 Å². The van der Waals surface area contributed by atoms with E-state index in [4.69, 9.17) is 4.74 Å². The predicted molar refractivity (Wildman–Crippen MR) is 75.9 cm³/mol. The highest BCUT2D eigenvalue weighted by Crippen LogP contribution is 2.02. The van der Waals surface area contributed by atoms with Crippen molar-refractivity contribution in [3.05, 3.63) is 35.6 Å². The van der Waals surface area contributed by atoms with Gasteiger partial charge in [0.25, 0.3) is 0 Å². The molecule has 0 aromatic heterocycles. The molecule has 0 bridgehead atoms. The Bertz CT molecular complexity index is 451. The van der Waals surface area contributed by atoms with Gasteiger partial charge in [0.1, 0.15) is 5.82 Å². The van der Waals surface area contributed by atoms with Gasteiger partial charge in [0.15, 0.2) is 0 Å². The molecule has 0 atom stereocenters. The second-order valence-corrected chi connectivity index (χ2v) is 4.28. The van der Waals surface area contributed by atoms with Crippen molar-refractivity contribution < 1.29 is 18.7 Å². The number of urea groups is 1. The van der Waals surface area contributed by atoms with Crippen molar-refractivity contribution in [1.29, 1.82) is 0 Å². The first kappa shape index (κ1) is 16.9. The SMILES string of the molecule is CCOCCCNC(=O)NNC(=O)Cc1ccc(F)cc1. The lowest BCUT2D eigenvalue weighted by Crippen LogP contribution is -2.47. The maximum absolute atomic E-state index is 12.7. The van der Waals surface area contributed by atoms with Gasteiger partial charge in [-0.15, -0.1) is 0 Å². The summed E-state index contributed by atoms with van der Waals surface area (Å²) >= 11 is 0. The Morgan fingerprint density at radius 3 is 2.57 bits per heavy atom. The number of hydrogen-bond donors (Lipinski definition) is 3. The molecule has 0 fully saturated rings. The Balaban J connectivity index is 2.14. The van der Waals surface area contributed by atoms with Crippen LogP contribution in [-0.2, 0) is 16.0 Å². The Kier molecular flexibility index (Phi) is 7.81. The summed E-state index contributed by atoms with van der Waals surface area (Å²) in [5.41, 5.74) is 5.17. The van der Waals surface area contributed by atoms with Crippen LogP contribution in [0.15, 0.2) is 24.3 Å². The Morgan fingerprint density at radius 2 is 1.90 bits per heavy atom. The summed E-state index contributed by atoms with van der Waals surface area (Å²) in [6, 6.07) is 5.10. The van der Waals surface area contributed by atoms with E-state index in [2.05, 4.69) is 16.2 Å². The lowest BCUT2D eigenvalue weighted by Gasteiger charge is -2.09. The van der Waals surface area contributed by atoms with Gasteiger partial charge in [-0.3, -0.25) is 10.2 Å². The monoisotopic (exact) mass is 297 g/mol. The van der Waals surface area contributed by atoms with E-state index in [1.807, 2.05) is 6.92 Å². The van der Waals surface area contributed by atoms with Crippen LogP contribution in [0, 0.1) is 5.82 Å². The van der Waals surface area contributed by atoms with Crippen LogP contribution in [0.4, 0.5) is 9.18 Å². The fourth-order valence-corrected chi connectivity index (χ4v) is 1.52. The molecule has 0 aliphatic carbocycles. The van der Waals surface area contributed by atoms with E-state index in [-0.39, 0.29) is 18.1 Å². The van der Waals surface area contributed by atoms with Gasteiger partial charge in [0, 0.05) is 19.8 Å². The molecule has 1 aromatic rings. The normalized spacial score (nSPS) is 10.0. The maximum Gasteiger partial charge on any atom is 0.333 e. The van der Waals surface area contributed by atoms with Crippen LogP contribution in [0.2, 0.25) is 0 Å². The van der Waals surface area contributed by atoms with E-state index in [9.17, 15) is 14.0 Å². The number of hydrazine groups is 1. The zero-order valence-corrected chi connectivity index (χ0v) is 11.9. The highest BCUT2D eigenvalue weighted by atomic mass is 19.1. The number of benzene rings is 1. The van der Waals surface area contributed by atoms with Crippen molar-refractivity contribution in [2.75, 3.05) is 19.8 Å². The Labute approximate surface area is 123 Å². The van der Waals surface area contributed by atoms with Gasteiger partial charge in [-0.2, -0.15) is 0 Å². The largest absolute Gasteiger partial charge is 0.382 e. The van der Waals surface area contributed by atoms with Gasteiger partial charge in [0.2, 0.25) is 5.91 Å². The fourth-order valence-electron chi connectivity index (χ4n) is 1.52.